The SMILES string of the molecule is N#CCCCCc1cnn2c(Nc3cccc(C(O)C(=O)c4ccccc4)c3)cc(Cl)nc12. The molecule has 7 nitrogen and oxygen atoms in total. The van der Waals surface area contributed by atoms with Crippen molar-refractivity contribution in [2.75, 3.05) is 5.32 Å². The van der Waals surface area contributed by atoms with Gasteiger partial charge in [0, 0.05) is 29.3 Å². The van der Waals surface area contributed by atoms with Gasteiger partial charge in [-0.05, 0) is 37.0 Å². The Morgan fingerprint density at radius 1 is 1.15 bits per heavy atom. The van der Waals surface area contributed by atoms with Gasteiger partial charge in [0.25, 0.3) is 0 Å². The fourth-order valence-corrected chi connectivity index (χ4v) is 3.79. The van der Waals surface area contributed by atoms with Crippen LogP contribution in [0.25, 0.3) is 5.65 Å². The van der Waals surface area contributed by atoms with Crippen molar-refractivity contribution in [2.24, 2.45) is 0 Å². The zero-order chi connectivity index (χ0) is 23.2. The summed E-state index contributed by atoms with van der Waals surface area (Å²) in [6.45, 7) is 0. The Hall–Kier alpha value is -3.73. The highest BCUT2D eigenvalue weighted by Gasteiger charge is 2.19. The van der Waals surface area contributed by atoms with E-state index in [1.165, 1.54) is 0 Å². The predicted octanol–water partition coefficient (Wildman–Crippen LogP) is 5.28. The Morgan fingerprint density at radius 3 is 2.76 bits per heavy atom. The van der Waals surface area contributed by atoms with E-state index in [9.17, 15) is 9.90 Å². The van der Waals surface area contributed by atoms with Crippen molar-refractivity contribution in [3.63, 3.8) is 0 Å². The second-order valence-electron chi connectivity index (χ2n) is 7.62. The van der Waals surface area contributed by atoms with E-state index in [1.807, 2.05) is 12.1 Å². The zero-order valence-corrected chi connectivity index (χ0v) is 18.5. The number of ketones is 1. The summed E-state index contributed by atoms with van der Waals surface area (Å²) in [5, 5.41) is 27.4. The molecule has 2 N–H and O–H groups in total. The predicted molar refractivity (Wildman–Crippen MR) is 127 cm³/mol. The Morgan fingerprint density at radius 2 is 1.97 bits per heavy atom. The number of aliphatic hydroxyl groups is 1. The van der Waals surface area contributed by atoms with Crippen LogP contribution in [0.3, 0.4) is 0 Å². The summed E-state index contributed by atoms with van der Waals surface area (Å²) >= 11 is 6.27. The molecule has 1 unspecified atom stereocenters. The number of hydrogen-bond acceptors (Lipinski definition) is 6. The van der Waals surface area contributed by atoms with Crippen LogP contribution >= 0.6 is 11.6 Å². The minimum absolute atomic E-state index is 0.319. The van der Waals surface area contributed by atoms with Gasteiger partial charge < -0.3 is 10.4 Å². The van der Waals surface area contributed by atoms with Gasteiger partial charge in [-0.3, -0.25) is 4.79 Å². The first-order chi connectivity index (χ1) is 16.1. The smallest absolute Gasteiger partial charge is 0.195 e. The lowest BCUT2D eigenvalue weighted by Crippen LogP contribution is -2.12. The lowest BCUT2D eigenvalue weighted by molar-refractivity contribution is 0.0747. The third-order valence-corrected chi connectivity index (χ3v) is 5.47. The van der Waals surface area contributed by atoms with Gasteiger partial charge in [-0.15, -0.1) is 0 Å². The fraction of sp³-hybridized carbons (Fsp3) is 0.200. The third kappa shape index (κ3) is 5.20. The molecule has 0 aliphatic rings. The third-order valence-electron chi connectivity index (χ3n) is 5.28. The molecular formula is C25H22ClN5O2. The topological polar surface area (TPSA) is 103 Å². The molecular weight excluding hydrogens is 438 g/mol. The number of halogens is 1. The van der Waals surface area contributed by atoms with Crippen molar-refractivity contribution in [1.29, 1.82) is 5.26 Å². The van der Waals surface area contributed by atoms with E-state index < -0.39 is 6.10 Å². The average Bonchev–Trinajstić information content (AvgIpc) is 3.24. The highest BCUT2D eigenvalue weighted by molar-refractivity contribution is 6.29. The molecule has 0 saturated heterocycles. The van der Waals surface area contributed by atoms with Crippen LogP contribution in [0, 0.1) is 11.3 Å². The quantitative estimate of drug-likeness (QED) is 0.200. The number of benzene rings is 2. The van der Waals surface area contributed by atoms with Gasteiger partial charge in [0.2, 0.25) is 0 Å². The molecule has 33 heavy (non-hydrogen) atoms. The molecule has 0 aliphatic heterocycles. The van der Waals surface area contributed by atoms with Crippen LogP contribution < -0.4 is 5.32 Å². The van der Waals surface area contributed by atoms with Crippen LogP contribution in [0.2, 0.25) is 5.15 Å². The van der Waals surface area contributed by atoms with Gasteiger partial charge in [-0.2, -0.15) is 14.9 Å². The highest BCUT2D eigenvalue weighted by atomic mass is 35.5. The summed E-state index contributed by atoms with van der Waals surface area (Å²) in [5.41, 5.74) is 3.20. The van der Waals surface area contributed by atoms with Crippen LogP contribution in [-0.2, 0) is 6.42 Å². The fourth-order valence-electron chi connectivity index (χ4n) is 3.61. The van der Waals surface area contributed by atoms with Gasteiger partial charge in [-0.1, -0.05) is 54.1 Å². The van der Waals surface area contributed by atoms with Gasteiger partial charge in [-0.25, -0.2) is 4.98 Å². The first kappa shape index (κ1) is 22.5. The van der Waals surface area contributed by atoms with Crippen molar-refractivity contribution >= 4 is 34.5 Å². The standard InChI is InChI=1S/C25H22ClN5O2/c26-21-15-22(31-25(30-21)19(16-28-31)10-5-2-6-13-27)29-20-12-7-11-18(14-20)24(33)23(32)17-8-3-1-4-9-17/h1,3-4,7-9,11-12,14-16,24,29,33H,2,5-6,10H2. The molecule has 0 amide bonds. The van der Waals surface area contributed by atoms with Crippen LogP contribution in [0.1, 0.15) is 46.9 Å². The van der Waals surface area contributed by atoms with Gasteiger partial charge in [0.05, 0.1) is 12.3 Å². The first-order valence-electron chi connectivity index (χ1n) is 10.6. The Bertz CT molecular complexity index is 1310. The van der Waals surface area contributed by atoms with Crippen molar-refractivity contribution in [3.8, 4) is 6.07 Å². The average molecular weight is 460 g/mol. The van der Waals surface area contributed by atoms with Crippen molar-refractivity contribution in [3.05, 3.63) is 88.7 Å². The van der Waals surface area contributed by atoms with Crippen LogP contribution in [0.15, 0.2) is 66.9 Å². The van der Waals surface area contributed by atoms with Gasteiger partial charge in [0.15, 0.2) is 11.4 Å². The maximum atomic E-state index is 12.6. The molecule has 0 bridgehead atoms. The van der Waals surface area contributed by atoms with Crippen molar-refractivity contribution in [1.82, 2.24) is 14.6 Å². The van der Waals surface area contributed by atoms with Crippen molar-refractivity contribution < 1.29 is 9.90 Å². The van der Waals surface area contributed by atoms with Gasteiger partial charge >= 0.3 is 0 Å². The van der Waals surface area contributed by atoms with Crippen LogP contribution in [0.4, 0.5) is 11.5 Å². The summed E-state index contributed by atoms with van der Waals surface area (Å²) in [4.78, 5) is 17.1. The second-order valence-corrected chi connectivity index (χ2v) is 8.01. The monoisotopic (exact) mass is 459 g/mol. The summed E-state index contributed by atoms with van der Waals surface area (Å²) in [6, 6.07) is 19.5. The molecule has 2 aromatic heterocycles. The number of rotatable bonds is 9. The number of anilines is 2. The number of aryl methyl sites for hydroxylation is 1. The molecule has 1 atom stereocenters. The minimum Gasteiger partial charge on any atom is -0.380 e. The molecule has 0 spiro atoms. The highest BCUT2D eigenvalue weighted by Crippen LogP contribution is 2.26. The number of carbonyl (C=O) groups excluding carboxylic acids is 1. The maximum absolute atomic E-state index is 12.6. The zero-order valence-electron chi connectivity index (χ0n) is 17.8. The molecule has 166 valence electrons. The molecule has 2 aromatic carbocycles. The van der Waals surface area contributed by atoms with E-state index in [0.717, 1.165) is 24.8 Å². The lowest BCUT2D eigenvalue weighted by atomic mass is 9.99. The molecule has 0 aliphatic carbocycles. The van der Waals surface area contributed by atoms with Gasteiger partial charge in [0.1, 0.15) is 17.1 Å². The number of fused-ring (bicyclic) bond motifs is 1. The second kappa shape index (κ2) is 10.3. The largest absolute Gasteiger partial charge is 0.380 e. The van der Waals surface area contributed by atoms with E-state index in [0.29, 0.717) is 39.9 Å². The van der Waals surface area contributed by atoms with E-state index in [1.54, 1.807) is 59.2 Å². The summed E-state index contributed by atoms with van der Waals surface area (Å²) in [5.74, 6) is 0.240. The summed E-state index contributed by atoms with van der Waals surface area (Å²) < 4.78 is 1.67. The molecule has 0 fully saturated rings. The minimum atomic E-state index is -1.28. The molecule has 0 saturated carbocycles. The lowest BCUT2D eigenvalue weighted by Gasteiger charge is -2.13. The number of carbonyl (C=O) groups is 1. The van der Waals surface area contributed by atoms with E-state index in [4.69, 9.17) is 16.9 Å². The molecule has 0 radical (unpaired) electrons. The van der Waals surface area contributed by atoms with E-state index >= 15 is 0 Å². The maximum Gasteiger partial charge on any atom is 0.195 e. The molecule has 4 aromatic rings. The Balaban J connectivity index is 1.57. The number of nitrogens with one attached hydrogen (secondary N) is 1. The summed E-state index contributed by atoms with van der Waals surface area (Å²) in [7, 11) is 0. The molecule has 4 rings (SSSR count). The van der Waals surface area contributed by atoms with E-state index in [2.05, 4.69) is 21.5 Å². The van der Waals surface area contributed by atoms with E-state index in [-0.39, 0.29) is 5.78 Å². The van der Waals surface area contributed by atoms with Crippen molar-refractivity contribution in [2.45, 2.75) is 31.8 Å². The Labute approximate surface area is 196 Å². The normalized spacial score (nSPS) is 11.8. The number of nitriles is 1. The Kier molecular flexibility index (Phi) is 6.98. The number of aliphatic hydroxyl groups excluding tert-OH is 1. The number of nitrogens with zero attached hydrogens (tertiary/aromatic N) is 4. The number of aromatic nitrogens is 3. The summed E-state index contributed by atoms with van der Waals surface area (Å²) in [6.07, 6.45) is 3.43. The number of hydrogen-bond donors (Lipinski definition) is 2. The molecule has 8 heteroatoms. The first-order valence-corrected chi connectivity index (χ1v) is 11.0. The number of Topliss-reactive ketones (excluding diaryl/α,β-unsaturated/α-hetero) is 1. The molecule has 2 heterocycles. The van der Waals surface area contributed by atoms with Crippen LogP contribution in [0.5, 0.6) is 0 Å². The van der Waals surface area contributed by atoms with Crippen LogP contribution in [-0.4, -0.2) is 25.5 Å². The number of unbranched alkanes of at least 4 members (excludes halogenated alkanes) is 2.